The molecular formula is C19H18N2O3S. The predicted molar refractivity (Wildman–Crippen MR) is 101 cm³/mol. The maximum absolute atomic E-state index is 12.2. The first-order valence-electron chi connectivity index (χ1n) is 7.88. The third-order valence-corrected chi connectivity index (χ3v) is 4.41. The summed E-state index contributed by atoms with van der Waals surface area (Å²) in [7, 11) is 0. The van der Waals surface area contributed by atoms with E-state index in [0.29, 0.717) is 28.0 Å². The minimum Gasteiger partial charge on any atom is -0.504 e. The summed E-state index contributed by atoms with van der Waals surface area (Å²) >= 11 is 1.24. The summed E-state index contributed by atoms with van der Waals surface area (Å²) in [6, 6.07) is 12.9. The highest BCUT2D eigenvalue weighted by Gasteiger charge is 2.24. The molecule has 1 aliphatic rings. The number of para-hydroxylation sites is 1. The van der Waals surface area contributed by atoms with Gasteiger partial charge in [-0.2, -0.15) is 0 Å². The average Bonchev–Trinajstić information content (AvgIpc) is 2.91. The smallest absolute Gasteiger partial charge is 0.264 e. The van der Waals surface area contributed by atoms with Gasteiger partial charge >= 0.3 is 0 Å². The number of rotatable bonds is 4. The van der Waals surface area contributed by atoms with Crippen LogP contribution in [0.5, 0.6) is 11.5 Å². The zero-order valence-corrected chi connectivity index (χ0v) is 14.8. The van der Waals surface area contributed by atoms with Crippen LogP contribution in [0.25, 0.3) is 6.08 Å². The van der Waals surface area contributed by atoms with E-state index in [-0.39, 0.29) is 11.7 Å². The number of amides is 1. The number of nitrogens with one attached hydrogen (secondary N) is 1. The predicted octanol–water partition coefficient (Wildman–Crippen LogP) is 3.99. The molecule has 0 aliphatic carbocycles. The van der Waals surface area contributed by atoms with Crippen molar-refractivity contribution in [2.45, 2.75) is 13.8 Å². The second kappa shape index (κ2) is 7.44. The summed E-state index contributed by atoms with van der Waals surface area (Å²) in [5, 5.41) is 13.5. The van der Waals surface area contributed by atoms with Gasteiger partial charge in [-0.25, -0.2) is 4.99 Å². The number of hydrogen-bond donors (Lipinski definition) is 2. The van der Waals surface area contributed by atoms with Crippen LogP contribution >= 0.6 is 11.8 Å². The number of thioether (sulfide) groups is 1. The third kappa shape index (κ3) is 4.03. The molecule has 0 saturated carbocycles. The number of nitrogens with zero attached hydrogens (tertiary/aromatic N) is 1. The fraction of sp³-hybridized carbons (Fsp3) is 0.158. The maximum Gasteiger partial charge on any atom is 0.264 e. The lowest BCUT2D eigenvalue weighted by molar-refractivity contribution is -0.115. The van der Waals surface area contributed by atoms with Gasteiger partial charge < -0.3 is 15.2 Å². The number of amidine groups is 1. The molecule has 2 aromatic rings. The Bertz CT molecular complexity index is 875. The molecule has 1 aliphatic heterocycles. The van der Waals surface area contributed by atoms with Gasteiger partial charge in [0.25, 0.3) is 5.91 Å². The Morgan fingerprint density at radius 1 is 1.28 bits per heavy atom. The molecule has 2 aromatic carbocycles. The number of benzene rings is 2. The standard InChI is InChI=1S/C19H18N2O3S/c1-3-24-15-9-5-7-13(17(15)22)11-16-18(23)21-19(25-16)20-14-8-4-6-12(2)10-14/h4-11,22H,3H2,1-2H3,(H,20,21,23). The van der Waals surface area contributed by atoms with E-state index in [1.54, 1.807) is 24.3 Å². The third-order valence-electron chi connectivity index (χ3n) is 3.50. The Labute approximate surface area is 150 Å². The van der Waals surface area contributed by atoms with Crippen LogP contribution in [0.15, 0.2) is 52.4 Å². The van der Waals surface area contributed by atoms with Crippen LogP contribution in [0.1, 0.15) is 18.1 Å². The minimum atomic E-state index is -0.238. The Balaban J connectivity index is 1.86. The molecule has 25 heavy (non-hydrogen) atoms. The zero-order valence-electron chi connectivity index (χ0n) is 13.9. The number of hydrogen-bond acceptors (Lipinski definition) is 5. The van der Waals surface area contributed by atoms with Gasteiger partial charge in [0, 0.05) is 5.56 Å². The zero-order chi connectivity index (χ0) is 17.8. The molecule has 0 unspecified atom stereocenters. The number of aliphatic imine (C=N–C) groups is 1. The van der Waals surface area contributed by atoms with Crippen molar-refractivity contribution in [2.24, 2.45) is 4.99 Å². The van der Waals surface area contributed by atoms with Crippen molar-refractivity contribution >= 4 is 34.6 Å². The van der Waals surface area contributed by atoms with Crippen molar-refractivity contribution in [1.82, 2.24) is 5.32 Å². The van der Waals surface area contributed by atoms with Gasteiger partial charge in [0.15, 0.2) is 16.7 Å². The van der Waals surface area contributed by atoms with Crippen LogP contribution in [-0.2, 0) is 4.79 Å². The molecule has 6 heteroatoms. The molecule has 1 heterocycles. The number of carbonyl (C=O) groups is 1. The Morgan fingerprint density at radius 3 is 2.84 bits per heavy atom. The summed E-state index contributed by atoms with van der Waals surface area (Å²) in [4.78, 5) is 17.1. The Morgan fingerprint density at radius 2 is 2.08 bits per heavy atom. The van der Waals surface area contributed by atoms with E-state index >= 15 is 0 Å². The lowest BCUT2D eigenvalue weighted by Gasteiger charge is -2.07. The van der Waals surface area contributed by atoms with Crippen molar-refractivity contribution in [1.29, 1.82) is 0 Å². The summed E-state index contributed by atoms with van der Waals surface area (Å²) in [5.41, 5.74) is 2.41. The van der Waals surface area contributed by atoms with E-state index in [4.69, 9.17) is 4.74 Å². The van der Waals surface area contributed by atoms with Gasteiger partial charge in [0.2, 0.25) is 0 Å². The fourth-order valence-corrected chi connectivity index (χ4v) is 3.20. The Hall–Kier alpha value is -2.73. The number of phenolic OH excluding ortho intramolecular Hbond substituents is 1. The quantitative estimate of drug-likeness (QED) is 0.815. The summed E-state index contributed by atoms with van der Waals surface area (Å²) in [6.07, 6.45) is 1.64. The highest BCUT2D eigenvalue weighted by Crippen LogP contribution is 2.34. The van der Waals surface area contributed by atoms with E-state index in [0.717, 1.165) is 11.3 Å². The van der Waals surface area contributed by atoms with Crippen LogP contribution in [-0.4, -0.2) is 22.8 Å². The van der Waals surface area contributed by atoms with E-state index in [1.807, 2.05) is 38.1 Å². The molecule has 0 aromatic heterocycles. The number of aryl methyl sites for hydroxylation is 1. The lowest BCUT2D eigenvalue weighted by Crippen LogP contribution is -2.19. The van der Waals surface area contributed by atoms with E-state index < -0.39 is 0 Å². The maximum atomic E-state index is 12.2. The van der Waals surface area contributed by atoms with E-state index in [2.05, 4.69) is 10.3 Å². The average molecular weight is 354 g/mol. The van der Waals surface area contributed by atoms with Crippen molar-refractivity contribution < 1.29 is 14.6 Å². The molecule has 5 nitrogen and oxygen atoms in total. The molecule has 0 bridgehead atoms. The number of aromatic hydroxyl groups is 1. The Kier molecular flexibility index (Phi) is 5.09. The van der Waals surface area contributed by atoms with E-state index in [9.17, 15) is 9.90 Å². The topological polar surface area (TPSA) is 70.9 Å². The number of ether oxygens (including phenoxy) is 1. The SMILES string of the molecule is CCOc1cccc(C=C2SC(=Nc3cccc(C)c3)NC2=O)c1O. The molecule has 2 N–H and O–H groups in total. The highest BCUT2D eigenvalue weighted by atomic mass is 32.2. The highest BCUT2D eigenvalue weighted by molar-refractivity contribution is 8.18. The largest absolute Gasteiger partial charge is 0.504 e. The first kappa shape index (κ1) is 17.1. The van der Waals surface area contributed by atoms with Crippen LogP contribution in [0.3, 0.4) is 0 Å². The molecule has 1 fully saturated rings. The van der Waals surface area contributed by atoms with Crippen LogP contribution in [0.2, 0.25) is 0 Å². The second-order valence-corrected chi connectivity index (χ2v) is 6.48. The normalized spacial score (nSPS) is 17.1. The molecule has 3 rings (SSSR count). The fourth-order valence-electron chi connectivity index (χ4n) is 2.36. The van der Waals surface area contributed by atoms with Crippen molar-refractivity contribution in [3.63, 3.8) is 0 Å². The first-order chi connectivity index (χ1) is 12.1. The first-order valence-corrected chi connectivity index (χ1v) is 8.69. The van der Waals surface area contributed by atoms with Crippen molar-refractivity contribution in [3.05, 3.63) is 58.5 Å². The van der Waals surface area contributed by atoms with Gasteiger partial charge in [-0.05, 0) is 55.4 Å². The molecule has 0 radical (unpaired) electrons. The summed E-state index contributed by atoms with van der Waals surface area (Å²) < 4.78 is 5.37. The van der Waals surface area contributed by atoms with Crippen LogP contribution in [0, 0.1) is 6.92 Å². The van der Waals surface area contributed by atoms with Crippen LogP contribution < -0.4 is 10.1 Å². The number of phenols is 1. The van der Waals surface area contributed by atoms with Crippen molar-refractivity contribution in [3.8, 4) is 11.5 Å². The number of carbonyl (C=O) groups excluding carboxylic acids is 1. The summed E-state index contributed by atoms with van der Waals surface area (Å²) in [5.74, 6) is 0.181. The van der Waals surface area contributed by atoms with Crippen molar-refractivity contribution in [2.75, 3.05) is 6.61 Å². The molecular weight excluding hydrogens is 336 g/mol. The molecule has 1 amide bonds. The second-order valence-electron chi connectivity index (χ2n) is 5.45. The van der Waals surface area contributed by atoms with Gasteiger partial charge in [0.1, 0.15) is 0 Å². The molecule has 0 spiro atoms. The van der Waals surface area contributed by atoms with Gasteiger partial charge in [0.05, 0.1) is 17.2 Å². The van der Waals surface area contributed by atoms with Gasteiger partial charge in [-0.1, -0.05) is 24.3 Å². The monoisotopic (exact) mass is 354 g/mol. The molecule has 128 valence electrons. The van der Waals surface area contributed by atoms with Crippen LogP contribution in [0.4, 0.5) is 5.69 Å². The minimum absolute atomic E-state index is 0.0225. The summed E-state index contributed by atoms with van der Waals surface area (Å²) in [6.45, 7) is 4.29. The van der Waals surface area contributed by atoms with Gasteiger partial charge in [-0.3, -0.25) is 4.79 Å². The molecule has 0 atom stereocenters. The van der Waals surface area contributed by atoms with Gasteiger partial charge in [-0.15, -0.1) is 0 Å². The van der Waals surface area contributed by atoms with E-state index in [1.165, 1.54) is 11.8 Å². The lowest BCUT2D eigenvalue weighted by atomic mass is 10.1. The molecule has 1 saturated heterocycles.